The lowest BCUT2D eigenvalue weighted by Crippen LogP contribution is -2.36. The van der Waals surface area contributed by atoms with Crippen molar-refractivity contribution in [1.82, 2.24) is 4.90 Å². The molecular weight excluding hydrogens is 520 g/mol. The number of ether oxygens (including phenoxy) is 2. The van der Waals surface area contributed by atoms with E-state index in [1.54, 1.807) is 42.3 Å². The zero-order valence-electron chi connectivity index (χ0n) is 22.0. The summed E-state index contributed by atoms with van der Waals surface area (Å²) in [5.74, 6) is -0.0578. The third kappa shape index (κ3) is 7.29. The van der Waals surface area contributed by atoms with Crippen LogP contribution in [0.1, 0.15) is 48.5 Å². The number of carbonyl (C=O) groups excluding carboxylic acids is 2. The van der Waals surface area contributed by atoms with Crippen molar-refractivity contribution in [1.29, 1.82) is 0 Å². The standard InChI is InChI=1S/C29H32N2O7S/c1-3-4-19-37-28(32)24-9-5-8-12-27(24)39(34,35)38-23-17-13-21(14-18-23)20-31(22-15-16-22)29(33)30-25-10-6-7-11-26(25)36-2/h5-14,17-18,22H,3-4,15-16,19-20H2,1-2H3,(H,30,33). The largest absolute Gasteiger partial charge is 0.495 e. The van der Waals surface area contributed by atoms with Crippen molar-refractivity contribution in [2.45, 2.75) is 50.1 Å². The fraction of sp³-hybridized carbons (Fsp3) is 0.310. The van der Waals surface area contributed by atoms with Crippen LogP contribution >= 0.6 is 0 Å². The molecule has 0 heterocycles. The molecule has 0 saturated heterocycles. The summed E-state index contributed by atoms with van der Waals surface area (Å²) < 4.78 is 41.9. The number of carbonyl (C=O) groups is 2. The smallest absolute Gasteiger partial charge is 0.340 e. The summed E-state index contributed by atoms with van der Waals surface area (Å²) in [4.78, 5) is 27.0. The maximum absolute atomic E-state index is 13.1. The second-order valence-corrected chi connectivity index (χ2v) is 10.7. The molecule has 39 heavy (non-hydrogen) atoms. The van der Waals surface area contributed by atoms with Gasteiger partial charge in [0.25, 0.3) is 0 Å². The highest BCUT2D eigenvalue weighted by molar-refractivity contribution is 7.87. The summed E-state index contributed by atoms with van der Waals surface area (Å²) in [6.45, 7) is 2.51. The van der Waals surface area contributed by atoms with E-state index in [1.165, 1.54) is 30.3 Å². The molecule has 1 fully saturated rings. The van der Waals surface area contributed by atoms with Crippen LogP contribution in [0.2, 0.25) is 0 Å². The number of unbranched alkanes of at least 4 members (excludes halogenated alkanes) is 1. The second kappa shape index (κ2) is 12.7. The summed E-state index contributed by atoms with van der Waals surface area (Å²) in [7, 11) is -2.75. The minimum absolute atomic E-state index is 0.0774. The average molecular weight is 553 g/mol. The van der Waals surface area contributed by atoms with Gasteiger partial charge in [-0.15, -0.1) is 0 Å². The number of nitrogens with one attached hydrogen (secondary N) is 1. The predicted molar refractivity (Wildman–Crippen MR) is 146 cm³/mol. The molecule has 1 aliphatic carbocycles. The minimum Gasteiger partial charge on any atom is -0.495 e. The number of esters is 1. The van der Waals surface area contributed by atoms with Crippen LogP contribution in [0.4, 0.5) is 10.5 Å². The summed E-state index contributed by atoms with van der Waals surface area (Å²) in [6.07, 6.45) is 3.36. The molecule has 4 rings (SSSR count). The van der Waals surface area contributed by atoms with Crippen LogP contribution in [0.15, 0.2) is 77.7 Å². The molecular formula is C29H32N2O7S. The Morgan fingerprint density at radius 3 is 2.36 bits per heavy atom. The second-order valence-electron chi connectivity index (χ2n) is 9.16. The fourth-order valence-corrected chi connectivity index (χ4v) is 5.07. The molecule has 0 radical (unpaired) electrons. The molecule has 1 N–H and O–H groups in total. The molecule has 2 amide bonds. The van der Waals surface area contributed by atoms with Gasteiger partial charge in [0.2, 0.25) is 0 Å². The molecule has 1 aliphatic rings. The van der Waals surface area contributed by atoms with Crippen molar-refractivity contribution >= 4 is 27.8 Å². The Balaban J connectivity index is 1.44. The number of anilines is 1. The third-order valence-corrected chi connectivity index (χ3v) is 7.49. The molecule has 0 bridgehead atoms. The Kier molecular flexibility index (Phi) is 9.08. The van der Waals surface area contributed by atoms with Crippen LogP contribution in [-0.2, 0) is 21.4 Å². The summed E-state index contributed by atoms with van der Waals surface area (Å²) in [5.41, 5.74) is 1.31. The van der Waals surface area contributed by atoms with Crippen LogP contribution in [0.5, 0.6) is 11.5 Å². The van der Waals surface area contributed by atoms with Gasteiger partial charge in [0.15, 0.2) is 0 Å². The Morgan fingerprint density at radius 2 is 1.67 bits per heavy atom. The van der Waals surface area contributed by atoms with E-state index in [1.807, 2.05) is 19.1 Å². The highest BCUT2D eigenvalue weighted by atomic mass is 32.2. The Morgan fingerprint density at radius 1 is 0.974 bits per heavy atom. The Bertz CT molecular complexity index is 1400. The molecule has 9 nitrogen and oxygen atoms in total. The number of hydrogen-bond acceptors (Lipinski definition) is 7. The number of amides is 2. The van der Waals surface area contributed by atoms with Crippen LogP contribution in [0, 0.1) is 0 Å². The molecule has 0 atom stereocenters. The highest BCUT2D eigenvalue weighted by Gasteiger charge is 2.33. The summed E-state index contributed by atoms with van der Waals surface area (Å²) in [5, 5.41) is 2.91. The van der Waals surface area contributed by atoms with E-state index in [9.17, 15) is 18.0 Å². The first-order chi connectivity index (χ1) is 18.8. The first kappa shape index (κ1) is 28.0. The number of methoxy groups -OCH3 is 1. The lowest BCUT2D eigenvalue weighted by Gasteiger charge is -2.23. The van der Waals surface area contributed by atoms with E-state index in [4.69, 9.17) is 13.7 Å². The van der Waals surface area contributed by atoms with Crippen molar-refractivity contribution < 1.29 is 31.7 Å². The van der Waals surface area contributed by atoms with Gasteiger partial charge in [-0.2, -0.15) is 8.42 Å². The van der Waals surface area contributed by atoms with Gasteiger partial charge in [0, 0.05) is 12.6 Å². The fourth-order valence-electron chi connectivity index (χ4n) is 3.95. The lowest BCUT2D eigenvalue weighted by atomic mass is 10.2. The van der Waals surface area contributed by atoms with Gasteiger partial charge in [-0.25, -0.2) is 9.59 Å². The number of rotatable bonds is 12. The maximum atomic E-state index is 13.1. The molecule has 10 heteroatoms. The van der Waals surface area contributed by atoms with E-state index in [0.29, 0.717) is 24.4 Å². The Labute approximate surface area is 228 Å². The third-order valence-electron chi connectivity index (χ3n) is 6.19. The van der Waals surface area contributed by atoms with E-state index in [0.717, 1.165) is 24.8 Å². The monoisotopic (exact) mass is 552 g/mol. The average Bonchev–Trinajstić information content (AvgIpc) is 3.78. The molecule has 3 aromatic carbocycles. The zero-order valence-corrected chi connectivity index (χ0v) is 22.8. The normalized spacial score (nSPS) is 12.9. The number of nitrogens with zero attached hydrogens (tertiary/aromatic N) is 1. The van der Waals surface area contributed by atoms with E-state index < -0.39 is 16.1 Å². The van der Waals surface area contributed by atoms with Crippen molar-refractivity contribution in [2.75, 3.05) is 19.0 Å². The van der Waals surface area contributed by atoms with Crippen molar-refractivity contribution in [3.8, 4) is 11.5 Å². The van der Waals surface area contributed by atoms with E-state index in [-0.39, 0.29) is 34.9 Å². The Hall–Kier alpha value is -4.05. The van der Waals surface area contributed by atoms with Gasteiger partial charge in [0.1, 0.15) is 16.4 Å². The van der Waals surface area contributed by atoms with Crippen LogP contribution in [0.3, 0.4) is 0 Å². The van der Waals surface area contributed by atoms with Crippen LogP contribution in [-0.4, -0.2) is 45.1 Å². The molecule has 0 aromatic heterocycles. The molecule has 0 aliphatic heterocycles. The van der Waals surface area contributed by atoms with Gasteiger partial charge < -0.3 is 23.9 Å². The zero-order chi connectivity index (χ0) is 27.8. The van der Waals surface area contributed by atoms with Gasteiger partial charge in [-0.3, -0.25) is 0 Å². The molecule has 0 spiro atoms. The van der Waals surface area contributed by atoms with Crippen molar-refractivity contribution in [2.24, 2.45) is 0 Å². The topological polar surface area (TPSA) is 111 Å². The quantitative estimate of drug-likeness (QED) is 0.176. The molecule has 3 aromatic rings. The van der Waals surface area contributed by atoms with Crippen LogP contribution in [0.25, 0.3) is 0 Å². The minimum atomic E-state index is -4.30. The van der Waals surface area contributed by atoms with Gasteiger partial charge in [0.05, 0.1) is 25.0 Å². The molecule has 0 unspecified atom stereocenters. The maximum Gasteiger partial charge on any atom is 0.340 e. The van der Waals surface area contributed by atoms with E-state index in [2.05, 4.69) is 5.32 Å². The lowest BCUT2D eigenvalue weighted by molar-refractivity contribution is 0.0495. The number of urea groups is 1. The summed E-state index contributed by atoms with van der Waals surface area (Å²) >= 11 is 0. The van der Waals surface area contributed by atoms with Gasteiger partial charge in [-0.05, 0) is 61.2 Å². The SMILES string of the molecule is CCCCOC(=O)c1ccccc1S(=O)(=O)Oc1ccc(CN(C(=O)Nc2ccccc2OC)C2CC2)cc1. The van der Waals surface area contributed by atoms with Gasteiger partial charge in [-0.1, -0.05) is 49.7 Å². The highest BCUT2D eigenvalue weighted by Crippen LogP contribution is 2.31. The molecule has 206 valence electrons. The van der Waals surface area contributed by atoms with E-state index >= 15 is 0 Å². The first-order valence-corrected chi connectivity index (χ1v) is 14.2. The summed E-state index contributed by atoms with van der Waals surface area (Å²) in [6, 6.07) is 19.4. The van der Waals surface area contributed by atoms with Crippen molar-refractivity contribution in [3.63, 3.8) is 0 Å². The number of para-hydroxylation sites is 2. The number of benzene rings is 3. The van der Waals surface area contributed by atoms with Gasteiger partial charge >= 0.3 is 22.1 Å². The number of hydrogen-bond donors (Lipinski definition) is 1. The van der Waals surface area contributed by atoms with Crippen LogP contribution < -0.4 is 14.2 Å². The predicted octanol–water partition coefficient (Wildman–Crippen LogP) is 5.62. The first-order valence-electron chi connectivity index (χ1n) is 12.8. The van der Waals surface area contributed by atoms with Crippen molar-refractivity contribution in [3.05, 3.63) is 83.9 Å². The molecule has 1 saturated carbocycles.